The first kappa shape index (κ1) is 21.6. The summed E-state index contributed by atoms with van der Waals surface area (Å²) < 4.78 is 29.5. The van der Waals surface area contributed by atoms with Crippen LogP contribution in [-0.2, 0) is 28.2 Å². The maximum atomic E-state index is 12.3. The first-order valence-electron chi connectivity index (χ1n) is 9.80. The number of carbonyl (C=O) groups is 1. The highest BCUT2D eigenvalue weighted by molar-refractivity contribution is 8.03. The Morgan fingerprint density at radius 2 is 1.85 bits per heavy atom. The van der Waals surface area contributed by atoms with Gasteiger partial charge in [-0.25, -0.2) is 0 Å². The van der Waals surface area contributed by atoms with Gasteiger partial charge < -0.3 is 23.4 Å². The molecule has 0 aromatic carbocycles. The maximum Gasteiger partial charge on any atom is 0.307 e. The molecule has 27 heavy (non-hydrogen) atoms. The van der Waals surface area contributed by atoms with Gasteiger partial charge in [-0.2, -0.15) is 0 Å². The molecule has 0 N–H and O–H groups in total. The van der Waals surface area contributed by atoms with Gasteiger partial charge in [0.05, 0.1) is 29.1 Å². The predicted molar refractivity (Wildman–Crippen MR) is 107 cm³/mol. The number of carbonyl (C=O) groups excluding carboxylic acids is 1. The van der Waals surface area contributed by atoms with Gasteiger partial charge in [0, 0.05) is 6.61 Å². The molecule has 0 aromatic rings. The van der Waals surface area contributed by atoms with Crippen molar-refractivity contribution >= 4 is 26.0 Å². The van der Waals surface area contributed by atoms with Gasteiger partial charge >= 0.3 is 5.97 Å². The fourth-order valence-corrected chi connectivity index (χ4v) is 6.60. The summed E-state index contributed by atoms with van der Waals surface area (Å²) in [5, 5.41) is 0.335. The van der Waals surface area contributed by atoms with Crippen molar-refractivity contribution in [1.82, 2.24) is 0 Å². The van der Waals surface area contributed by atoms with Crippen LogP contribution in [0, 0.1) is 0 Å². The minimum absolute atomic E-state index is 0.122. The minimum atomic E-state index is -1.84. The van der Waals surface area contributed by atoms with Gasteiger partial charge in [0.1, 0.15) is 6.10 Å². The van der Waals surface area contributed by atoms with E-state index in [1.165, 1.54) is 0 Å². The van der Waals surface area contributed by atoms with E-state index in [1.54, 1.807) is 11.8 Å². The average Bonchev–Trinajstić information content (AvgIpc) is 2.90. The Labute approximate surface area is 168 Å². The van der Waals surface area contributed by atoms with E-state index in [9.17, 15) is 4.79 Å². The number of ether oxygens (including phenoxy) is 4. The van der Waals surface area contributed by atoms with Crippen molar-refractivity contribution in [2.45, 2.75) is 100 Å². The van der Waals surface area contributed by atoms with Crippen molar-refractivity contribution in [2.75, 3.05) is 13.2 Å². The van der Waals surface area contributed by atoms with Crippen LogP contribution < -0.4 is 0 Å². The Bertz CT molecular complexity index is 589. The third kappa shape index (κ3) is 3.85. The number of hydrogen-bond acceptors (Lipinski definition) is 7. The van der Waals surface area contributed by atoms with Crippen LogP contribution in [0.4, 0.5) is 0 Å². The molecule has 0 aliphatic carbocycles. The molecule has 0 radical (unpaired) electrons. The van der Waals surface area contributed by atoms with Crippen molar-refractivity contribution in [3.8, 4) is 0 Å². The smallest absolute Gasteiger partial charge is 0.307 e. The third-order valence-electron chi connectivity index (χ3n) is 6.15. The molecule has 0 amide bonds. The minimum Gasteiger partial charge on any atom is -0.466 e. The van der Waals surface area contributed by atoms with Crippen LogP contribution >= 0.6 is 11.8 Å². The molecule has 3 heterocycles. The molecule has 3 aliphatic heterocycles. The number of hydrogen-bond donors (Lipinski definition) is 0. The fourth-order valence-electron chi connectivity index (χ4n) is 3.70. The third-order valence-corrected chi connectivity index (χ3v) is 12.4. The molecule has 3 saturated heterocycles. The monoisotopic (exact) mass is 418 g/mol. The molecule has 0 aromatic heterocycles. The second-order valence-electron chi connectivity index (χ2n) is 9.65. The van der Waals surface area contributed by atoms with Gasteiger partial charge in [-0.05, 0) is 38.9 Å². The largest absolute Gasteiger partial charge is 0.466 e. The molecule has 156 valence electrons. The van der Waals surface area contributed by atoms with Crippen LogP contribution in [0.5, 0.6) is 0 Å². The lowest BCUT2D eigenvalue weighted by atomic mass is 9.89. The first-order chi connectivity index (χ1) is 12.3. The van der Waals surface area contributed by atoms with E-state index in [2.05, 4.69) is 33.9 Å². The molecule has 3 aliphatic rings. The molecule has 8 heteroatoms. The van der Waals surface area contributed by atoms with E-state index in [4.69, 9.17) is 23.4 Å². The second-order valence-corrected chi connectivity index (χ2v) is 16.1. The summed E-state index contributed by atoms with van der Waals surface area (Å²) in [6.07, 6.45) is -0.559. The number of thioether (sulfide) groups is 1. The molecule has 3 fully saturated rings. The zero-order valence-corrected chi connectivity index (χ0v) is 19.6. The van der Waals surface area contributed by atoms with Crippen molar-refractivity contribution < 1.29 is 28.2 Å². The fraction of sp³-hybridized carbons (Fsp3) is 0.947. The lowest BCUT2D eigenvalue weighted by Gasteiger charge is -2.51. The van der Waals surface area contributed by atoms with Crippen molar-refractivity contribution in [2.24, 2.45) is 0 Å². The Hall–Kier alpha value is -0.123. The van der Waals surface area contributed by atoms with Gasteiger partial charge in [0.25, 0.3) is 0 Å². The van der Waals surface area contributed by atoms with Crippen LogP contribution in [0.25, 0.3) is 0 Å². The Balaban J connectivity index is 1.71. The van der Waals surface area contributed by atoms with E-state index in [0.717, 1.165) is 0 Å². The lowest BCUT2D eigenvalue weighted by molar-refractivity contribution is -0.211. The standard InChI is InChI=1S/C19H34O6SSi/c1-9-21-13(20)10-19-14(23-16-15(19)24-18(5,6)25-16)12(26-19)11-22-27(7,8)17(2,3)4/h12,14-16H,9-11H2,1-8H3/t12-,14+,15-,16+,19-/m0/s1. The molecular formula is C19H34O6SSi. The molecule has 0 saturated carbocycles. The summed E-state index contributed by atoms with van der Waals surface area (Å²) in [7, 11) is -1.84. The van der Waals surface area contributed by atoms with E-state index < -0.39 is 25.1 Å². The van der Waals surface area contributed by atoms with Gasteiger partial charge in [0.2, 0.25) is 0 Å². The van der Waals surface area contributed by atoms with Crippen molar-refractivity contribution in [1.29, 1.82) is 0 Å². The number of esters is 1. The summed E-state index contributed by atoms with van der Waals surface area (Å²) in [5.74, 6) is -0.915. The van der Waals surface area contributed by atoms with Crippen LogP contribution in [0.15, 0.2) is 0 Å². The Kier molecular flexibility index (Phi) is 5.58. The average molecular weight is 419 g/mol. The molecule has 3 rings (SSSR count). The summed E-state index contributed by atoms with van der Waals surface area (Å²) in [4.78, 5) is 12.3. The second kappa shape index (κ2) is 6.99. The van der Waals surface area contributed by atoms with Crippen LogP contribution in [-0.4, -0.2) is 61.8 Å². The highest BCUT2D eigenvalue weighted by atomic mass is 32.2. The summed E-state index contributed by atoms with van der Waals surface area (Å²) >= 11 is 1.74. The van der Waals surface area contributed by atoms with E-state index in [1.807, 2.05) is 20.8 Å². The van der Waals surface area contributed by atoms with Gasteiger partial charge in [-0.15, -0.1) is 11.8 Å². The number of fused-ring (bicyclic) bond motifs is 3. The number of rotatable bonds is 6. The van der Waals surface area contributed by atoms with Gasteiger partial charge in [0.15, 0.2) is 20.4 Å². The maximum absolute atomic E-state index is 12.3. The molecule has 5 atom stereocenters. The highest BCUT2D eigenvalue weighted by Crippen LogP contribution is 2.62. The summed E-state index contributed by atoms with van der Waals surface area (Å²) in [6, 6.07) is 0. The summed E-state index contributed by atoms with van der Waals surface area (Å²) in [5.41, 5.74) is 0. The van der Waals surface area contributed by atoms with E-state index >= 15 is 0 Å². The zero-order valence-electron chi connectivity index (χ0n) is 17.8. The van der Waals surface area contributed by atoms with Crippen LogP contribution in [0.3, 0.4) is 0 Å². The Morgan fingerprint density at radius 3 is 2.44 bits per heavy atom. The van der Waals surface area contributed by atoms with Gasteiger partial charge in [-0.3, -0.25) is 4.79 Å². The molecule has 0 bridgehead atoms. The van der Waals surface area contributed by atoms with Crippen LogP contribution in [0.2, 0.25) is 18.1 Å². The van der Waals surface area contributed by atoms with E-state index in [0.29, 0.717) is 13.2 Å². The summed E-state index contributed by atoms with van der Waals surface area (Å²) in [6.45, 7) is 17.8. The van der Waals surface area contributed by atoms with Gasteiger partial charge in [-0.1, -0.05) is 20.8 Å². The Morgan fingerprint density at radius 1 is 1.19 bits per heavy atom. The SMILES string of the molecule is CCOC(=O)C[C@]12S[C@@H](CO[Si](C)(C)C(C)(C)C)[C@H]1O[C@@H]1OC(C)(C)O[C@@H]12. The van der Waals surface area contributed by atoms with E-state index in [-0.39, 0.29) is 34.9 Å². The predicted octanol–water partition coefficient (Wildman–Crippen LogP) is 3.69. The quantitative estimate of drug-likeness (QED) is 0.481. The molecule has 0 unspecified atom stereocenters. The normalized spacial score (nSPS) is 37.5. The molecular weight excluding hydrogens is 384 g/mol. The van der Waals surface area contributed by atoms with Crippen LogP contribution in [0.1, 0.15) is 48.0 Å². The highest BCUT2D eigenvalue weighted by Gasteiger charge is 2.72. The lowest BCUT2D eigenvalue weighted by Crippen LogP contribution is -2.62. The zero-order chi connectivity index (χ0) is 20.3. The topological polar surface area (TPSA) is 63.2 Å². The van der Waals surface area contributed by atoms with Crippen molar-refractivity contribution in [3.05, 3.63) is 0 Å². The molecule has 6 nitrogen and oxygen atoms in total. The molecule has 0 spiro atoms. The van der Waals surface area contributed by atoms with Crippen molar-refractivity contribution in [3.63, 3.8) is 0 Å². The first-order valence-corrected chi connectivity index (χ1v) is 13.6.